The molecule has 0 spiro atoms. The predicted octanol–water partition coefficient (Wildman–Crippen LogP) is 3.31. The number of nitrogens with zero attached hydrogens (tertiary/aromatic N) is 2. The summed E-state index contributed by atoms with van der Waals surface area (Å²) < 4.78 is 5.33. The molecule has 21 heavy (non-hydrogen) atoms. The highest BCUT2D eigenvalue weighted by atomic mass is 32.2. The maximum absolute atomic E-state index is 12.6. The number of hydrogen-bond acceptors (Lipinski definition) is 5. The van der Waals surface area contributed by atoms with Crippen LogP contribution in [-0.2, 0) is 0 Å². The summed E-state index contributed by atoms with van der Waals surface area (Å²) in [5.74, 6) is 0.676. The third kappa shape index (κ3) is 3.04. The minimum atomic E-state index is -0.152. The monoisotopic (exact) mass is 302 g/mol. The van der Waals surface area contributed by atoms with E-state index in [1.807, 2.05) is 36.6 Å². The van der Waals surface area contributed by atoms with Gasteiger partial charge in [-0.3, -0.25) is 9.69 Å². The second-order valence-corrected chi connectivity index (χ2v) is 6.06. The summed E-state index contributed by atoms with van der Waals surface area (Å²) in [6, 6.07) is 11.5. The van der Waals surface area contributed by atoms with Gasteiger partial charge in [0.2, 0.25) is 5.78 Å². The van der Waals surface area contributed by atoms with Crippen LogP contribution in [0.1, 0.15) is 23.3 Å². The van der Waals surface area contributed by atoms with E-state index in [-0.39, 0.29) is 11.2 Å². The van der Waals surface area contributed by atoms with Crippen molar-refractivity contribution in [1.82, 2.24) is 10.1 Å². The van der Waals surface area contributed by atoms with Gasteiger partial charge in [0, 0.05) is 11.6 Å². The van der Waals surface area contributed by atoms with E-state index >= 15 is 0 Å². The standard InChI is InChI=1S/C16H18N2O2S/c1-21-16(18-9-5-6-10-18)15(19)13-11-14(20-17-13)12-7-3-2-4-8-12/h2-4,7-8,11,16H,5-6,9-10H2,1H3. The highest BCUT2D eigenvalue weighted by Gasteiger charge is 2.30. The van der Waals surface area contributed by atoms with Crippen molar-refractivity contribution in [3.63, 3.8) is 0 Å². The molecular weight excluding hydrogens is 284 g/mol. The van der Waals surface area contributed by atoms with Gasteiger partial charge in [0.1, 0.15) is 5.37 Å². The number of benzene rings is 1. The zero-order valence-electron chi connectivity index (χ0n) is 12.0. The Balaban J connectivity index is 1.80. The molecule has 1 atom stereocenters. The van der Waals surface area contributed by atoms with Crippen LogP contribution in [0.25, 0.3) is 11.3 Å². The lowest BCUT2D eigenvalue weighted by molar-refractivity contribution is 0.0913. The van der Waals surface area contributed by atoms with E-state index in [1.165, 1.54) is 12.8 Å². The van der Waals surface area contributed by atoms with Gasteiger partial charge in [-0.2, -0.15) is 0 Å². The van der Waals surface area contributed by atoms with Gasteiger partial charge in [0.25, 0.3) is 0 Å². The largest absolute Gasteiger partial charge is 0.356 e. The molecule has 1 saturated heterocycles. The Hall–Kier alpha value is -1.59. The fraction of sp³-hybridized carbons (Fsp3) is 0.375. The molecule has 1 aliphatic heterocycles. The summed E-state index contributed by atoms with van der Waals surface area (Å²) in [4.78, 5) is 14.8. The fourth-order valence-electron chi connectivity index (χ4n) is 2.65. The minimum Gasteiger partial charge on any atom is -0.356 e. The van der Waals surface area contributed by atoms with Crippen LogP contribution in [0.2, 0.25) is 0 Å². The molecule has 0 aliphatic carbocycles. The number of hydrogen-bond donors (Lipinski definition) is 0. The molecule has 0 saturated carbocycles. The van der Waals surface area contributed by atoms with Crippen LogP contribution in [0.3, 0.4) is 0 Å². The van der Waals surface area contributed by atoms with E-state index in [0.717, 1.165) is 18.7 Å². The molecule has 2 heterocycles. The third-order valence-electron chi connectivity index (χ3n) is 3.74. The number of ketones is 1. The Labute approximate surface area is 128 Å². The summed E-state index contributed by atoms with van der Waals surface area (Å²) in [5, 5.41) is 3.82. The van der Waals surface area contributed by atoms with Crippen molar-refractivity contribution < 1.29 is 9.32 Å². The van der Waals surface area contributed by atoms with Crippen molar-refractivity contribution >= 4 is 17.5 Å². The molecule has 1 aromatic carbocycles. The van der Waals surface area contributed by atoms with Crippen molar-refractivity contribution in [2.24, 2.45) is 0 Å². The first kappa shape index (κ1) is 14.4. The van der Waals surface area contributed by atoms with Crippen LogP contribution in [0.4, 0.5) is 0 Å². The summed E-state index contributed by atoms with van der Waals surface area (Å²) in [6.07, 6.45) is 4.30. The number of likely N-dealkylation sites (tertiary alicyclic amines) is 1. The molecule has 5 heteroatoms. The molecule has 1 unspecified atom stereocenters. The number of aromatic nitrogens is 1. The minimum absolute atomic E-state index is 0.0373. The van der Waals surface area contributed by atoms with Gasteiger partial charge in [-0.05, 0) is 32.2 Å². The molecule has 1 aliphatic rings. The number of Topliss-reactive ketones (excluding diaryl/α,β-unsaturated/α-hetero) is 1. The lowest BCUT2D eigenvalue weighted by Gasteiger charge is -2.23. The van der Waals surface area contributed by atoms with Crippen LogP contribution < -0.4 is 0 Å². The smallest absolute Gasteiger partial charge is 0.211 e. The van der Waals surface area contributed by atoms with Crippen molar-refractivity contribution in [2.75, 3.05) is 19.3 Å². The second kappa shape index (κ2) is 6.45. The molecule has 1 aromatic heterocycles. The lowest BCUT2D eigenvalue weighted by Crippen LogP contribution is -2.36. The normalized spacial score (nSPS) is 17.0. The first-order valence-electron chi connectivity index (χ1n) is 7.13. The van der Waals surface area contributed by atoms with Crippen molar-refractivity contribution in [2.45, 2.75) is 18.2 Å². The molecule has 0 bridgehead atoms. The van der Waals surface area contributed by atoms with Crippen LogP contribution in [0, 0.1) is 0 Å². The zero-order valence-corrected chi connectivity index (χ0v) is 12.8. The maximum atomic E-state index is 12.6. The number of carbonyl (C=O) groups excluding carboxylic acids is 1. The van der Waals surface area contributed by atoms with Gasteiger partial charge in [-0.1, -0.05) is 35.5 Å². The first-order valence-corrected chi connectivity index (χ1v) is 8.41. The highest BCUT2D eigenvalue weighted by molar-refractivity contribution is 7.99. The molecule has 2 aromatic rings. The van der Waals surface area contributed by atoms with E-state index in [0.29, 0.717) is 11.5 Å². The third-order valence-corrected chi connectivity index (χ3v) is 4.70. The van der Waals surface area contributed by atoms with E-state index in [4.69, 9.17) is 4.52 Å². The average molecular weight is 302 g/mol. The van der Waals surface area contributed by atoms with Gasteiger partial charge in [-0.25, -0.2) is 0 Å². The first-order chi connectivity index (χ1) is 10.3. The summed E-state index contributed by atoms with van der Waals surface area (Å²) >= 11 is 1.57. The number of carbonyl (C=O) groups is 1. The van der Waals surface area contributed by atoms with Gasteiger partial charge in [-0.15, -0.1) is 11.8 Å². The Kier molecular flexibility index (Phi) is 4.41. The van der Waals surface area contributed by atoms with Crippen molar-refractivity contribution in [3.05, 3.63) is 42.1 Å². The van der Waals surface area contributed by atoms with Gasteiger partial charge in [0.15, 0.2) is 11.5 Å². The fourth-order valence-corrected chi connectivity index (χ4v) is 3.50. The Morgan fingerprint density at radius 2 is 2.00 bits per heavy atom. The summed E-state index contributed by atoms with van der Waals surface area (Å²) in [5.41, 5.74) is 1.35. The molecule has 110 valence electrons. The quantitative estimate of drug-likeness (QED) is 0.793. The summed E-state index contributed by atoms with van der Waals surface area (Å²) in [7, 11) is 0. The molecule has 0 amide bonds. The Bertz CT molecular complexity index is 606. The average Bonchev–Trinajstić information content (AvgIpc) is 3.20. The lowest BCUT2D eigenvalue weighted by atomic mass is 10.1. The topological polar surface area (TPSA) is 46.3 Å². The highest BCUT2D eigenvalue weighted by Crippen LogP contribution is 2.25. The van der Waals surface area contributed by atoms with E-state index < -0.39 is 0 Å². The predicted molar refractivity (Wildman–Crippen MR) is 84.4 cm³/mol. The molecule has 0 radical (unpaired) electrons. The van der Waals surface area contributed by atoms with Gasteiger partial charge in [0.05, 0.1) is 0 Å². The molecule has 1 fully saturated rings. The van der Waals surface area contributed by atoms with Crippen LogP contribution in [0.5, 0.6) is 0 Å². The van der Waals surface area contributed by atoms with Crippen LogP contribution in [0.15, 0.2) is 40.9 Å². The van der Waals surface area contributed by atoms with Crippen LogP contribution >= 0.6 is 11.8 Å². The van der Waals surface area contributed by atoms with Gasteiger partial charge < -0.3 is 4.52 Å². The van der Waals surface area contributed by atoms with E-state index in [1.54, 1.807) is 17.8 Å². The number of thioether (sulfide) groups is 1. The Morgan fingerprint density at radius 3 is 2.67 bits per heavy atom. The van der Waals surface area contributed by atoms with E-state index in [9.17, 15) is 4.79 Å². The molecular formula is C16H18N2O2S. The second-order valence-electron chi connectivity index (χ2n) is 5.14. The Morgan fingerprint density at radius 1 is 1.29 bits per heavy atom. The zero-order chi connectivity index (χ0) is 14.7. The molecule has 4 nitrogen and oxygen atoms in total. The van der Waals surface area contributed by atoms with Crippen molar-refractivity contribution in [1.29, 1.82) is 0 Å². The summed E-state index contributed by atoms with van der Waals surface area (Å²) in [6.45, 7) is 1.97. The maximum Gasteiger partial charge on any atom is 0.211 e. The molecule has 0 N–H and O–H groups in total. The van der Waals surface area contributed by atoms with E-state index in [2.05, 4.69) is 10.1 Å². The van der Waals surface area contributed by atoms with Gasteiger partial charge >= 0.3 is 0 Å². The number of rotatable bonds is 5. The molecule has 3 rings (SSSR count). The van der Waals surface area contributed by atoms with Crippen molar-refractivity contribution in [3.8, 4) is 11.3 Å². The SMILES string of the molecule is CSC(C(=O)c1cc(-c2ccccc2)on1)N1CCCC1. The van der Waals surface area contributed by atoms with Crippen LogP contribution in [-0.4, -0.2) is 40.6 Å².